The van der Waals surface area contributed by atoms with Gasteiger partial charge in [0.05, 0.1) is 23.0 Å². The molecule has 1 aliphatic carbocycles. The van der Waals surface area contributed by atoms with E-state index in [1.54, 1.807) is 0 Å². The zero-order valence-corrected chi connectivity index (χ0v) is 17.4. The molecule has 2 aliphatic heterocycles. The first-order valence-electron chi connectivity index (χ1n) is 10.2. The monoisotopic (exact) mass is 420 g/mol. The molecule has 0 atom stereocenters. The Morgan fingerprint density at radius 3 is 2.76 bits per heavy atom. The molecule has 158 valence electrons. The molecule has 1 saturated heterocycles. The van der Waals surface area contributed by atoms with Crippen LogP contribution in [0, 0.1) is 0 Å². The fourth-order valence-corrected chi connectivity index (χ4v) is 6.20. The van der Waals surface area contributed by atoms with Crippen LogP contribution in [0.25, 0.3) is 11.0 Å². The van der Waals surface area contributed by atoms with Crippen molar-refractivity contribution in [1.29, 1.82) is 0 Å². The van der Waals surface area contributed by atoms with E-state index in [2.05, 4.69) is 20.6 Å². The van der Waals surface area contributed by atoms with E-state index in [0.29, 0.717) is 11.5 Å². The van der Waals surface area contributed by atoms with Gasteiger partial charge in [0.15, 0.2) is 5.65 Å². The summed E-state index contributed by atoms with van der Waals surface area (Å²) in [4.78, 5) is 10.5. The Morgan fingerprint density at radius 1 is 1.31 bits per heavy atom. The van der Waals surface area contributed by atoms with Crippen LogP contribution in [0.2, 0.25) is 0 Å². The summed E-state index contributed by atoms with van der Waals surface area (Å²) in [6.45, 7) is 2.78. The van der Waals surface area contributed by atoms with Crippen LogP contribution in [0.3, 0.4) is 0 Å². The van der Waals surface area contributed by atoms with E-state index in [9.17, 15) is 9.11 Å². The highest BCUT2D eigenvalue weighted by Gasteiger charge is 2.49. The average molecular weight is 421 g/mol. The lowest BCUT2D eigenvalue weighted by Crippen LogP contribution is -2.51. The summed E-state index contributed by atoms with van der Waals surface area (Å²) >= 11 is 0. The van der Waals surface area contributed by atoms with Crippen LogP contribution >= 0.6 is 10.6 Å². The predicted octanol–water partition coefficient (Wildman–Crippen LogP) is 2.76. The largest absolute Gasteiger partial charge is 0.388 e. The number of hydrogen-bond acceptors (Lipinski definition) is 8. The van der Waals surface area contributed by atoms with Crippen LogP contribution in [0.4, 0.5) is 5.69 Å². The van der Waals surface area contributed by atoms with E-state index in [1.165, 1.54) is 0 Å². The molecule has 3 aliphatic rings. The van der Waals surface area contributed by atoms with Gasteiger partial charge in [0.1, 0.15) is 5.60 Å². The highest BCUT2D eigenvalue weighted by Crippen LogP contribution is 2.46. The molecule has 1 saturated carbocycles. The van der Waals surface area contributed by atoms with Crippen molar-refractivity contribution in [3.8, 4) is 0 Å². The molecule has 0 amide bonds. The normalized spacial score (nSPS) is 24.9. The predicted molar refractivity (Wildman–Crippen MR) is 115 cm³/mol. The summed E-state index contributed by atoms with van der Waals surface area (Å²) < 4.78 is 21.8. The van der Waals surface area contributed by atoms with Gasteiger partial charge in [0, 0.05) is 61.2 Å². The van der Waals surface area contributed by atoms with Gasteiger partial charge in [-0.2, -0.15) is 15.7 Å². The van der Waals surface area contributed by atoms with Crippen molar-refractivity contribution in [2.45, 2.75) is 63.3 Å². The van der Waals surface area contributed by atoms with Gasteiger partial charge in [0.2, 0.25) is 0 Å². The van der Waals surface area contributed by atoms with Gasteiger partial charge in [-0.25, -0.2) is 9.67 Å². The number of nitrogens with one attached hydrogen (secondary N) is 1. The lowest BCUT2D eigenvalue weighted by Gasteiger charge is -2.40. The van der Waals surface area contributed by atoms with E-state index in [0.717, 1.165) is 66.6 Å². The molecule has 2 fully saturated rings. The van der Waals surface area contributed by atoms with E-state index in [-0.39, 0.29) is 17.7 Å². The van der Waals surface area contributed by atoms with Crippen molar-refractivity contribution in [2.24, 2.45) is 10.9 Å². The topological polar surface area (TPSA) is 131 Å². The second-order valence-electron chi connectivity index (χ2n) is 8.53. The van der Waals surface area contributed by atoms with Crippen molar-refractivity contribution in [3.63, 3.8) is 0 Å². The molecule has 2 aromatic heterocycles. The standard InChI is InChI=1S/C19H28N6O3S/c1-2-25-18-15(11-22-25)17(23-13-3-5-29(26,27)6-4-13)14(10-21-18)16-9-19(28-24-16)7-12(20)8-19/h10-13,26-27H,2-9,20H2,1H3,(H,21,23). The maximum Gasteiger partial charge on any atom is 0.159 e. The molecule has 0 bridgehead atoms. The Balaban J connectivity index is 1.48. The number of rotatable bonds is 4. The minimum atomic E-state index is -2.42. The molecule has 0 radical (unpaired) electrons. The van der Waals surface area contributed by atoms with Crippen LogP contribution in [0.5, 0.6) is 0 Å². The highest BCUT2D eigenvalue weighted by molar-refractivity contribution is 8.24. The summed E-state index contributed by atoms with van der Waals surface area (Å²) in [5.41, 5.74) is 9.34. The van der Waals surface area contributed by atoms with Crippen LogP contribution in [-0.2, 0) is 11.4 Å². The Kier molecular flexibility index (Phi) is 4.50. The quantitative estimate of drug-likeness (QED) is 0.598. The first kappa shape index (κ1) is 19.1. The van der Waals surface area contributed by atoms with Gasteiger partial charge in [-0.1, -0.05) is 5.16 Å². The van der Waals surface area contributed by atoms with Crippen molar-refractivity contribution in [3.05, 3.63) is 18.0 Å². The second kappa shape index (κ2) is 6.83. The van der Waals surface area contributed by atoms with Crippen molar-refractivity contribution >= 4 is 33.0 Å². The molecular formula is C19H28N6O3S. The van der Waals surface area contributed by atoms with Gasteiger partial charge in [-0.3, -0.25) is 9.11 Å². The number of nitrogens with zero attached hydrogens (tertiary/aromatic N) is 4. The van der Waals surface area contributed by atoms with E-state index < -0.39 is 10.6 Å². The lowest BCUT2D eigenvalue weighted by atomic mass is 9.73. The van der Waals surface area contributed by atoms with Crippen LogP contribution in [-0.4, -0.2) is 58.8 Å². The minimum Gasteiger partial charge on any atom is -0.388 e. The number of hydrogen-bond donors (Lipinski definition) is 4. The van der Waals surface area contributed by atoms with Crippen LogP contribution < -0.4 is 11.1 Å². The van der Waals surface area contributed by atoms with Gasteiger partial charge in [-0.05, 0) is 19.8 Å². The Bertz CT molecular complexity index is 958. The molecule has 2 aromatic rings. The van der Waals surface area contributed by atoms with Gasteiger partial charge in [-0.15, -0.1) is 0 Å². The number of oxime groups is 1. The maximum absolute atomic E-state index is 9.95. The number of nitrogens with two attached hydrogens (primary N) is 1. The number of fused-ring (bicyclic) bond motifs is 1. The number of aryl methyl sites for hydroxylation is 1. The fourth-order valence-electron chi connectivity index (χ4n) is 4.67. The minimum absolute atomic E-state index is 0.165. The molecule has 0 unspecified atom stereocenters. The summed E-state index contributed by atoms with van der Waals surface area (Å²) in [5.74, 6) is 0.876. The van der Waals surface area contributed by atoms with Crippen LogP contribution in [0.1, 0.15) is 44.6 Å². The SMILES string of the molecule is CCn1ncc2c(NC3CCS(O)(O)CC3)c(C3=NOC4(C3)CC(N)C4)cnc21. The summed E-state index contributed by atoms with van der Waals surface area (Å²) in [6.07, 6.45) is 7.52. The summed E-state index contributed by atoms with van der Waals surface area (Å²) in [7, 11) is -2.42. The molecule has 5 N–H and O–H groups in total. The Labute approximate surface area is 171 Å². The van der Waals surface area contributed by atoms with Gasteiger partial charge in [0.25, 0.3) is 0 Å². The van der Waals surface area contributed by atoms with Gasteiger partial charge < -0.3 is 15.9 Å². The molecule has 4 heterocycles. The van der Waals surface area contributed by atoms with E-state index >= 15 is 0 Å². The molecule has 0 aromatic carbocycles. The number of aromatic nitrogens is 3. The van der Waals surface area contributed by atoms with E-state index in [1.807, 2.05) is 24.0 Å². The third-order valence-electron chi connectivity index (χ3n) is 6.32. The third-order valence-corrected chi connectivity index (χ3v) is 8.10. The first-order valence-corrected chi connectivity index (χ1v) is 12.1. The Hall–Kier alpha value is -1.88. The maximum atomic E-state index is 9.95. The molecular weight excluding hydrogens is 392 g/mol. The van der Waals surface area contributed by atoms with Gasteiger partial charge >= 0.3 is 0 Å². The Morgan fingerprint density at radius 2 is 2.07 bits per heavy atom. The van der Waals surface area contributed by atoms with E-state index in [4.69, 9.17) is 10.6 Å². The summed E-state index contributed by atoms with van der Waals surface area (Å²) in [6, 6.07) is 0.353. The van der Waals surface area contributed by atoms with Crippen molar-refractivity contribution < 1.29 is 13.9 Å². The highest BCUT2D eigenvalue weighted by atomic mass is 32.3. The smallest absolute Gasteiger partial charge is 0.159 e. The van der Waals surface area contributed by atoms with Crippen molar-refractivity contribution in [1.82, 2.24) is 14.8 Å². The fraction of sp³-hybridized carbons (Fsp3) is 0.632. The number of anilines is 1. The lowest BCUT2D eigenvalue weighted by molar-refractivity contribution is -0.0856. The molecule has 10 heteroatoms. The molecule has 1 spiro atoms. The van der Waals surface area contributed by atoms with Crippen LogP contribution in [0.15, 0.2) is 17.5 Å². The van der Waals surface area contributed by atoms with Crippen molar-refractivity contribution in [2.75, 3.05) is 16.8 Å². The molecule has 9 nitrogen and oxygen atoms in total. The zero-order valence-electron chi connectivity index (χ0n) is 16.5. The first-order chi connectivity index (χ1) is 13.9. The summed E-state index contributed by atoms with van der Waals surface area (Å²) in [5, 5.41) is 13.5. The zero-order chi connectivity index (χ0) is 20.2. The molecule has 29 heavy (non-hydrogen) atoms. The second-order valence-corrected chi connectivity index (χ2v) is 11.0. The molecule has 5 rings (SSSR count). The third kappa shape index (κ3) is 3.37. The average Bonchev–Trinajstić information content (AvgIpc) is 3.28. The number of pyridine rings is 1.